The molecule has 0 bridgehead atoms. The number of rotatable bonds is 3. The van der Waals surface area contributed by atoms with Gasteiger partial charge in [0.25, 0.3) is 5.91 Å². The predicted octanol–water partition coefficient (Wildman–Crippen LogP) is 2.82. The lowest BCUT2D eigenvalue weighted by Crippen LogP contribution is -2.71. The summed E-state index contributed by atoms with van der Waals surface area (Å²) in [6.45, 7) is 7.06. The number of carbonyl (C=O) groups excluding carboxylic acids is 1. The minimum Gasteiger partial charge on any atom is -0.478 e. The Hall–Kier alpha value is -1.81. The van der Waals surface area contributed by atoms with Crippen LogP contribution in [-0.2, 0) is 16.0 Å². The summed E-state index contributed by atoms with van der Waals surface area (Å²) in [5.41, 5.74) is 2.27. The van der Waals surface area contributed by atoms with Crippen LogP contribution in [0.15, 0.2) is 35.9 Å². The van der Waals surface area contributed by atoms with Gasteiger partial charge in [0.15, 0.2) is 6.10 Å². The summed E-state index contributed by atoms with van der Waals surface area (Å²) < 4.78 is 11.9. The molecule has 2 heterocycles. The number of benzene rings is 1. The summed E-state index contributed by atoms with van der Waals surface area (Å²) in [6.07, 6.45) is 2.40. The van der Waals surface area contributed by atoms with Crippen molar-refractivity contribution in [2.75, 3.05) is 13.7 Å². The van der Waals surface area contributed by atoms with Gasteiger partial charge in [-0.15, -0.1) is 0 Å². The Kier molecular flexibility index (Phi) is 4.44. The summed E-state index contributed by atoms with van der Waals surface area (Å²) in [5.74, 6) is 1.29. The molecule has 0 aromatic heterocycles. The van der Waals surface area contributed by atoms with E-state index in [1.165, 1.54) is 0 Å². The zero-order valence-electron chi connectivity index (χ0n) is 14.3. The molecule has 3 atom stereocenters. The molecule has 1 aromatic carbocycles. The van der Waals surface area contributed by atoms with Crippen LogP contribution >= 0.6 is 0 Å². The van der Waals surface area contributed by atoms with E-state index in [-0.39, 0.29) is 18.1 Å². The summed E-state index contributed by atoms with van der Waals surface area (Å²) in [4.78, 5) is 14.5. The summed E-state index contributed by atoms with van der Waals surface area (Å²) in [6, 6.07) is 7.89. The first kappa shape index (κ1) is 16.1. The number of carbonyl (C=O) groups is 1. The predicted molar refractivity (Wildman–Crippen MR) is 89.5 cm³/mol. The zero-order valence-corrected chi connectivity index (χ0v) is 14.3. The second kappa shape index (κ2) is 6.36. The third-order valence-corrected chi connectivity index (χ3v) is 4.64. The smallest absolute Gasteiger partial charge is 0.266 e. The van der Waals surface area contributed by atoms with Crippen molar-refractivity contribution in [1.82, 2.24) is 4.90 Å². The fraction of sp³-hybridized carbons (Fsp3) is 0.526. The first-order valence-corrected chi connectivity index (χ1v) is 8.27. The highest BCUT2D eigenvalue weighted by atomic mass is 16.5. The van der Waals surface area contributed by atoms with E-state index in [1.807, 2.05) is 23.1 Å². The van der Waals surface area contributed by atoms with E-state index < -0.39 is 6.10 Å². The molecule has 23 heavy (non-hydrogen) atoms. The maximum atomic E-state index is 12.6. The molecule has 2 aliphatic rings. The van der Waals surface area contributed by atoms with E-state index in [0.717, 1.165) is 29.9 Å². The molecule has 1 fully saturated rings. The fourth-order valence-electron chi connectivity index (χ4n) is 3.49. The largest absolute Gasteiger partial charge is 0.478 e. The van der Waals surface area contributed by atoms with Crippen molar-refractivity contribution in [3.05, 3.63) is 41.5 Å². The molecular weight excluding hydrogens is 290 g/mol. The van der Waals surface area contributed by atoms with Crippen LogP contribution in [0.1, 0.15) is 26.3 Å². The summed E-state index contributed by atoms with van der Waals surface area (Å²) >= 11 is 0. The van der Waals surface area contributed by atoms with E-state index in [0.29, 0.717) is 5.92 Å². The van der Waals surface area contributed by atoms with E-state index >= 15 is 0 Å². The van der Waals surface area contributed by atoms with E-state index in [2.05, 4.69) is 32.9 Å². The van der Waals surface area contributed by atoms with Crippen LogP contribution in [0.3, 0.4) is 0 Å². The van der Waals surface area contributed by atoms with Gasteiger partial charge in [0.1, 0.15) is 17.9 Å². The van der Waals surface area contributed by atoms with Gasteiger partial charge in [0, 0.05) is 13.7 Å². The number of ether oxygens (including phenoxy) is 2. The monoisotopic (exact) mass is 315 g/mol. The number of hydrogen-bond acceptors (Lipinski definition) is 3. The van der Waals surface area contributed by atoms with Crippen LogP contribution in [0.4, 0.5) is 0 Å². The number of β-lactam (4-membered cyclic amide) rings is 1. The maximum absolute atomic E-state index is 12.6. The lowest BCUT2D eigenvalue weighted by atomic mass is 9.87. The second-order valence-corrected chi connectivity index (χ2v) is 6.83. The molecule has 0 saturated carbocycles. The Morgan fingerprint density at radius 2 is 2.09 bits per heavy atom. The normalized spacial score (nSPS) is 29.3. The van der Waals surface area contributed by atoms with E-state index in [1.54, 1.807) is 7.11 Å². The molecule has 1 saturated heterocycles. The zero-order chi connectivity index (χ0) is 16.6. The Morgan fingerprint density at radius 3 is 2.78 bits per heavy atom. The SMILES string of the molecule is CO[C@@H]1/C(C)=C\Cc2ccccc2O[C@H]2C(=O)N(CC(C)C)[C@@H]12. The van der Waals surface area contributed by atoms with Gasteiger partial charge in [-0.25, -0.2) is 0 Å². The molecular formula is C19H25NO3. The van der Waals surface area contributed by atoms with Crippen molar-refractivity contribution in [3.63, 3.8) is 0 Å². The van der Waals surface area contributed by atoms with Crippen molar-refractivity contribution in [2.24, 2.45) is 5.92 Å². The Labute approximate surface area is 138 Å². The molecule has 0 N–H and O–H groups in total. The van der Waals surface area contributed by atoms with E-state index in [4.69, 9.17) is 9.47 Å². The summed E-state index contributed by atoms with van der Waals surface area (Å²) in [7, 11) is 1.71. The number of likely N-dealkylation sites (tertiary alicyclic amines) is 1. The molecule has 2 aliphatic heterocycles. The van der Waals surface area contributed by atoms with Crippen molar-refractivity contribution in [2.45, 2.75) is 45.4 Å². The molecule has 4 nitrogen and oxygen atoms in total. The van der Waals surface area contributed by atoms with Crippen LogP contribution in [-0.4, -0.2) is 42.7 Å². The van der Waals surface area contributed by atoms with Crippen LogP contribution in [0.5, 0.6) is 5.75 Å². The minimum absolute atomic E-state index is 0.0580. The van der Waals surface area contributed by atoms with Gasteiger partial charge in [0.05, 0.1) is 0 Å². The van der Waals surface area contributed by atoms with Gasteiger partial charge in [0.2, 0.25) is 0 Å². The number of hydrogen-bond donors (Lipinski definition) is 0. The standard InChI is InChI=1S/C19H25NO3/c1-12(2)11-20-16-17(22-4)13(3)9-10-14-7-5-6-8-15(14)23-18(16)19(20)21/h5-9,12,16-18H,10-11H2,1-4H3/b13-9-/t16-,17+,18+/m0/s1. The fourth-order valence-corrected chi connectivity index (χ4v) is 3.49. The van der Waals surface area contributed by atoms with Gasteiger partial charge in [-0.2, -0.15) is 0 Å². The number of amides is 1. The molecule has 3 rings (SSSR count). The molecule has 124 valence electrons. The Balaban J connectivity index is 1.98. The van der Waals surface area contributed by atoms with Gasteiger partial charge < -0.3 is 14.4 Å². The molecule has 0 aliphatic carbocycles. The molecule has 1 amide bonds. The highest BCUT2D eigenvalue weighted by molar-refractivity contribution is 5.89. The number of fused-ring (bicyclic) bond motifs is 2. The van der Waals surface area contributed by atoms with E-state index in [9.17, 15) is 4.79 Å². The van der Waals surface area contributed by atoms with Crippen molar-refractivity contribution in [1.29, 1.82) is 0 Å². The highest BCUT2D eigenvalue weighted by Gasteiger charge is 2.54. The second-order valence-electron chi connectivity index (χ2n) is 6.83. The topological polar surface area (TPSA) is 38.8 Å². The van der Waals surface area contributed by atoms with Crippen molar-refractivity contribution >= 4 is 5.91 Å². The quantitative estimate of drug-likeness (QED) is 0.636. The minimum atomic E-state index is -0.457. The van der Waals surface area contributed by atoms with Gasteiger partial charge in [-0.3, -0.25) is 4.79 Å². The molecule has 4 heteroatoms. The van der Waals surface area contributed by atoms with Crippen molar-refractivity contribution in [3.8, 4) is 5.75 Å². The summed E-state index contributed by atoms with van der Waals surface area (Å²) in [5, 5.41) is 0. The Morgan fingerprint density at radius 1 is 1.35 bits per heavy atom. The van der Waals surface area contributed by atoms with Crippen LogP contribution < -0.4 is 4.74 Å². The van der Waals surface area contributed by atoms with Crippen molar-refractivity contribution < 1.29 is 14.3 Å². The highest BCUT2D eigenvalue weighted by Crippen LogP contribution is 2.35. The first-order valence-electron chi connectivity index (χ1n) is 8.27. The van der Waals surface area contributed by atoms with Gasteiger partial charge in [-0.05, 0) is 36.5 Å². The lowest BCUT2D eigenvalue weighted by molar-refractivity contribution is -0.173. The number of methoxy groups -OCH3 is 1. The first-order chi connectivity index (χ1) is 11.0. The lowest BCUT2D eigenvalue weighted by Gasteiger charge is -2.50. The molecule has 0 unspecified atom stereocenters. The average molecular weight is 315 g/mol. The molecule has 0 radical (unpaired) electrons. The molecule has 1 aromatic rings. The van der Waals surface area contributed by atoms with Crippen LogP contribution in [0.2, 0.25) is 0 Å². The number of para-hydroxylation sites is 1. The third-order valence-electron chi connectivity index (χ3n) is 4.64. The third kappa shape index (κ3) is 2.88. The number of allylic oxidation sites excluding steroid dienone is 1. The van der Waals surface area contributed by atoms with Crippen LogP contribution in [0.25, 0.3) is 0 Å². The van der Waals surface area contributed by atoms with Crippen LogP contribution in [0, 0.1) is 5.92 Å². The molecule has 0 spiro atoms. The number of nitrogens with zero attached hydrogens (tertiary/aromatic N) is 1. The average Bonchev–Trinajstić information content (AvgIpc) is 2.59. The van der Waals surface area contributed by atoms with Gasteiger partial charge >= 0.3 is 0 Å². The van der Waals surface area contributed by atoms with Gasteiger partial charge in [-0.1, -0.05) is 38.1 Å². The maximum Gasteiger partial charge on any atom is 0.266 e. The Bertz CT molecular complexity index is 623.